The Morgan fingerprint density at radius 1 is 1.06 bits per heavy atom. The Kier molecular flexibility index (Phi) is 6.35. The minimum absolute atomic E-state index is 0.146. The molecule has 172 valence electrons. The number of nitrogens with one attached hydrogen (secondary N) is 1. The molecular weight excluding hydrogens is 432 g/mol. The summed E-state index contributed by atoms with van der Waals surface area (Å²) in [5.74, 6) is 0.119. The molecule has 0 saturated heterocycles. The first-order valence-electron chi connectivity index (χ1n) is 10.7. The number of nitrogens with zero attached hydrogens (tertiary/aromatic N) is 5. The van der Waals surface area contributed by atoms with E-state index < -0.39 is 10.8 Å². The molecule has 1 heterocycles. The van der Waals surface area contributed by atoms with Gasteiger partial charge in [0.15, 0.2) is 5.82 Å². The third kappa shape index (κ3) is 4.93. The van der Waals surface area contributed by atoms with Crippen LogP contribution in [0.4, 0.5) is 17.3 Å². The fourth-order valence-electron chi connectivity index (χ4n) is 3.36. The van der Waals surface area contributed by atoms with Gasteiger partial charge in [-0.2, -0.15) is 9.67 Å². The summed E-state index contributed by atoms with van der Waals surface area (Å²) in [6.07, 6.45) is 0. The SMILES string of the molecule is Cc1ccc(-c2nc(NCc3ccc(N(C)C)cc3)n(C(=O)c3cccc([N+](=O)[O-])c3)n2)cc1. The number of non-ortho nitro benzene ring substituents is 1. The minimum atomic E-state index is -0.535. The lowest BCUT2D eigenvalue weighted by Crippen LogP contribution is -2.17. The second kappa shape index (κ2) is 9.53. The van der Waals surface area contributed by atoms with Gasteiger partial charge in [0.1, 0.15) is 0 Å². The molecule has 1 N–H and O–H groups in total. The molecule has 3 aromatic carbocycles. The highest BCUT2D eigenvalue weighted by Crippen LogP contribution is 2.22. The van der Waals surface area contributed by atoms with E-state index >= 15 is 0 Å². The number of carbonyl (C=O) groups excluding carboxylic acids is 1. The fourth-order valence-corrected chi connectivity index (χ4v) is 3.36. The van der Waals surface area contributed by atoms with Crippen LogP contribution in [0.3, 0.4) is 0 Å². The van der Waals surface area contributed by atoms with Crippen molar-refractivity contribution in [3.63, 3.8) is 0 Å². The van der Waals surface area contributed by atoms with Gasteiger partial charge in [0, 0.05) is 49.6 Å². The Labute approximate surface area is 196 Å². The number of nitro groups is 1. The van der Waals surface area contributed by atoms with Crippen molar-refractivity contribution < 1.29 is 9.72 Å². The molecule has 9 heteroatoms. The highest BCUT2D eigenvalue weighted by atomic mass is 16.6. The molecule has 1 aromatic heterocycles. The van der Waals surface area contributed by atoms with Crippen molar-refractivity contribution >= 4 is 23.2 Å². The summed E-state index contributed by atoms with van der Waals surface area (Å²) in [4.78, 5) is 30.5. The first kappa shape index (κ1) is 22.7. The van der Waals surface area contributed by atoms with Gasteiger partial charge in [-0.15, -0.1) is 5.10 Å². The predicted molar refractivity (Wildman–Crippen MR) is 131 cm³/mol. The lowest BCUT2D eigenvalue weighted by molar-refractivity contribution is -0.384. The van der Waals surface area contributed by atoms with E-state index in [2.05, 4.69) is 15.4 Å². The van der Waals surface area contributed by atoms with Crippen molar-refractivity contribution in [2.45, 2.75) is 13.5 Å². The van der Waals surface area contributed by atoms with E-state index in [1.165, 1.54) is 24.3 Å². The van der Waals surface area contributed by atoms with Crippen LogP contribution in [0.5, 0.6) is 0 Å². The maximum atomic E-state index is 13.3. The Morgan fingerprint density at radius 2 is 1.76 bits per heavy atom. The number of carbonyl (C=O) groups is 1. The van der Waals surface area contributed by atoms with Crippen molar-refractivity contribution in [2.24, 2.45) is 0 Å². The average molecular weight is 457 g/mol. The Hall–Kier alpha value is -4.53. The van der Waals surface area contributed by atoms with Crippen LogP contribution in [0.15, 0.2) is 72.8 Å². The van der Waals surface area contributed by atoms with Gasteiger partial charge in [0.2, 0.25) is 5.95 Å². The smallest absolute Gasteiger partial charge is 0.281 e. The minimum Gasteiger partial charge on any atom is -0.378 e. The zero-order valence-electron chi connectivity index (χ0n) is 19.1. The van der Waals surface area contributed by atoms with Crippen LogP contribution in [0.25, 0.3) is 11.4 Å². The number of aromatic nitrogens is 3. The molecule has 9 nitrogen and oxygen atoms in total. The standard InChI is InChI=1S/C25H24N6O3/c1-17-7-11-19(12-8-17)23-27-25(26-16-18-9-13-21(14-10-18)29(2)3)30(28-23)24(32)20-5-4-6-22(15-20)31(33)34/h4-15H,16H2,1-3H3,(H,26,27,28). The number of aryl methyl sites for hydroxylation is 1. The topological polar surface area (TPSA) is 106 Å². The van der Waals surface area contributed by atoms with E-state index in [1.54, 1.807) is 0 Å². The molecule has 0 aliphatic heterocycles. The molecule has 0 unspecified atom stereocenters. The van der Waals surface area contributed by atoms with Crippen LogP contribution in [0.2, 0.25) is 0 Å². The lowest BCUT2D eigenvalue weighted by Gasteiger charge is -2.13. The number of nitro benzene ring substituents is 1. The molecule has 0 fully saturated rings. The van der Waals surface area contributed by atoms with Gasteiger partial charge in [0.05, 0.1) is 4.92 Å². The third-order valence-corrected chi connectivity index (χ3v) is 5.32. The first-order valence-corrected chi connectivity index (χ1v) is 10.7. The molecule has 4 rings (SSSR count). The Bertz CT molecular complexity index is 1330. The monoisotopic (exact) mass is 456 g/mol. The van der Waals surface area contributed by atoms with Crippen LogP contribution >= 0.6 is 0 Å². The molecule has 4 aromatic rings. The molecule has 0 bridgehead atoms. The second-order valence-corrected chi connectivity index (χ2v) is 8.06. The van der Waals surface area contributed by atoms with Crippen molar-refractivity contribution in [3.8, 4) is 11.4 Å². The summed E-state index contributed by atoms with van der Waals surface area (Å²) in [5.41, 5.74) is 3.91. The Balaban J connectivity index is 1.67. The molecule has 0 aliphatic rings. The van der Waals surface area contributed by atoms with Crippen molar-refractivity contribution in [2.75, 3.05) is 24.3 Å². The highest BCUT2D eigenvalue weighted by Gasteiger charge is 2.20. The molecule has 0 atom stereocenters. The normalized spacial score (nSPS) is 10.7. The van der Waals surface area contributed by atoms with Crippen LogP contribution in [-0.2, 0) is 6.54 Å². The van der Waals surface area contributed by atoms with Gasteiger partial charge in [-0.3, -0.25) is 14.9 Å². The molecule has 0 saturated carbocycles. The summed E-state index contributed by atoms with van der Waals surface area (Å²) in [7, 11) is 3.95. The second-order valence-electron chi connectivity index (χ2n) is 8.06. The predicted octanol–water partition coefficient (Wildman–Crippen LogP) is 4.53. The largest absolute Gasteiger partial charge is 0.378 e. The van der Waals surface area contributed by atoms with E-state index in [0.29, 0.717) is 12.4 Å². The maximum absolute atomic E-state index is 13.3. The maximum Gasteiger partial charge on any atom is 0.281 e. The number of benzene rings is 3. The quantitative estimate of drug-likeness (QED) is 0.322. The van der Waals surface area contributed by atoms with Crippen LogP contribution < -0.4 is 10.2 Å². The number of hydrogen-bond donors (Lipinski definition) is 1. The zero-order chi connectivity index (χ0) is 24.2. The summed E-state index contributed by atoms with van der Waals surface area (Å²) >= 11 is 0. The van der Waals surface area contributed by atoms with E-state index in [0.717, 1.165) is 27.1 Å². The van der Waals surface area contributed by atoms with Crippen LogP contribution in [0.1, 0.15) is 21.5 Å². The lowest BCUT2D eigenvalue weighted by atomic mass is 10.1. The van der Waals surface area contributed by atoms with E-state index in [-0.39, 0.29) is 17.2 Å². The van der Waals surface area contributed by atoms with Gasteiger partial charge >= 0.3 is 0 Å². The van der Waals surface area contributed by atoms with Crippen LogP contribution in [-0.4, -0.2) is 39.7 Å². The summed E-state index contributed by atoms with van der Waals surface area (Å²) in [6, 6.07) is 21.2. The van der Waals surface area contributed by atoms with Gasteiger partial charge < -0.3 is 10.2 Å². The van der Waals surface area contributed by atoms with E-state index in [1.807, 2.05) is 74.4 Å². The van der Waals surface area contributed by atoms with Gasteiger partial charge in [-0.1, -0.05) is 48.0 Å². The number of rotatable bonds is 7. The van der Waals surface area contributed by atoms with Crippen molar-refractivity contribution in [3.05, 3.63) is 99.6 Å². The van der Waals surface area contributed by atoms with Crippen LogP contribution in [0, 0.1) is 17.0 Å². The van der Waals surface area contributed by atoms with E-state index in [4.69, 9.17) is 0 Å². The number of anilines is 2. The molecule has 0 radical (unpaired) electrons. The third-order valence-electron chi connectivity index (χ3n) is 5.32. The molecular formula is C25H24N6O3. The van der Waals surface area contributed by atoms with Gasteiger partial charge in [0.25, 0.3) is 11.6 Å². The highest BCUT2D eigenvalue weighted by molar-refractivity contribution is 5.97. The average Bonchev–Trinajstić information content (AvgIpc) is 3.27. The van der Waals surface area contributed by atoms with E-state index in [9.17, 15) is 14.9 Å². The molecule has 34 heavy (non-hydrogen) atoms. The molecule has 0 aliphatic carbocycles. The van der Waals surface area contributed by atoms with Gasteiger partial charge in [-0.25, -0.2) is 0 Å². The fraction of sp³-hybridized carbons (Fsp3) is 0.160. The molecule has 0 spiro atoms. The summed E-state index contributed by atoms with van der Waals surface area (Å²) in [6.45, 7) is 2.40. The summed E-state index contributed by atoms with van der Waals surface area (Å²) < 4.78 is 1.16. The van der Waals surface area contributed by atoms with Gasteiger partial charge in [-0.05, 0) is 30.7 Å². The zero-order valence-corrected chi connectivity index (χ0v) is 19.1. The summed E-state index contributed by atoms with van der Waals surface area (Å²) in [5, 5.41) is 18.8. The number of hydrogen-bond acceptors (Lipinski definition) is 7. The van der Waals surface area contributed by atoms with Crippen molar-refractivity contribution in [1.29, 1.82) is 0 Å². The Morgan fingerprint density at radius 3 is 2.41 bits per heavy atom. The first-order chi connectivity index (χ1) is 16.3. The molecule has 0 amide bonds. The van der Waals surface area contributed by atoms with Crippen molar-refractivity contribution in [1.82, 2.24) is 14.8 Å².